The molecule has 0 bridgehead atoms. The highest BCUT2D eigenvalue weighted by molar-refractivity contribution is 5.92. The van der Waals surface area contributed by atoms with Gasteiger partial charge in [0.1, 0.15) is 5.78 Å². The molecule has 0 spiro atoms. The molecule has 2 heteroatoms. The Hall–Kier alpha value is -1.15. The SMILES string of the molecule is CCC(=O)[C@@]12CCN(C)C[C@]1(C)CCc1ccccc12. The van der Waals surface area contributed by atoms with Crippen LogP contribution in [0.3, 0.4) is 0 Å². The molecule has 2 atom stereocenters. The average Bonchev–Trinajstić information content (AvgIpc) is 2.45. The first-order chi connectivity index (χ1) is 9.53. The van der Waals surface area contributed by atoms with Crippen molar-refractivity contribution in [2.24, 2.45) is 5.41 Å². The molecular weight excluding hydrogens is 246 g/mol. The monoisotopic (exact) mass is 271 g/mol. The summed E-state index contributed by atoms with van der Waals surface area (Å²) in [4.78, 5) is 15.4. The molecule has 108 valence electrons. The minimum Gasteiger partial charge on any atom is -0.306 e. The highest BCUT2D eigenvalue weighted by Crippen LogP contribution is 2.55. The minimum atomic E-state index is -0.247. The lowest BCUT2D eigenvalue weighted by atomic mass is 9.50. The maximum absolute atomic E-state index is 13.0. The summed E-state index contributed by atoms with van der Waals surface area (Å²) in [6, 6.07) is 8.65. The van der Waals surface area contributed by atoms with Crippen LogP contribution in [0.1, 0.15) is 44.2 Å². The number of nitrogens with zero attached hydrogens (tertiary/aromatic N) is 1. The molecule has 1 heterocycles. The summed E-state index contributed by atoms with van der Waals surface area (Å²) in [5.74, 6) is 0.445. The summed E-state index contributed by atoms with van der Waals surface area (Å²) in [6.07, 6.45) is 3.86. The highest BCUT2D eigenvalue weighted by atomic mass is 16.1. The summed E-state index contributed by atoms with van der Waals surface area (Å²) in [7, 11) is 2.19. The zero-order chi connectivity index (χ0) is 14.4. The van der Waals surface area contributed by atoms with Gasteiger partial charge in [0.2, 0.25) is 0 Å². The van der Waals surface area contributed by atoms with Gasteiger partial charge in [-0.3, -0.25) is 4.79 Å². The molecule has 20 heavy (non-hydrogen) atoms. The van der Waals surface area contributed by atoms with E-state index in [1.807, 2.05) is 6.92 Å². The number of benzene rings is 1. The van der Waals surface area contributed by atoms with Crippen LogP contribution in [-0.2, 0) is 16.6 Å². The number of carbonyl (C=O) groups is 1. The van der Waals surface area contributed by atoms with Crippen molar-refractivity contribution in [1.82, 2.24) is 4.90 Å². The molecule has 1 aromatic rings. The van der Waals surface area contributed by atoms with E-state index >= 15 is 0 Å². The first-order valence-electron chi connectivity index (χ1n) is 7.84. The van der Waals surface area contributed by atoms with E-state index in [0.717, 1.165) is 32.4 Å². The van der Waals surface area contributed by atoms with Crippen LogP contribution in [0.25, 0.3) is 0 Å². The van der Waals surface area contributed by atoms with Crippen molar-refractivity contribution >= 4 is 5.78 Å². The van der Waals surface area contributed by atoms with Crippen molar-refractivity contribution in [2.75, 3.05) is 20.1 Å². The Morgan fingerprint density at radius 1 is 1.30 bits per heavy atom. The zero-order valence-electron chi connectivity index (χ0n) is 12.9. The third-order valence-electron chi connectivity index (χ3n) is 5.74. The molecule has 0 amide bonds. The van der Waals surface area contributed by atoms with E-state index in [2.05, 4.69) is 43.1 Å². The number of fused-ring (bicyclic) bond motifs is 3. The molecule has 1 saturated heterocycles. The van der Waals surface area contributed by atoms with E-state index in [9.17, 15) is 4.79 Å². The van der Waals surface area contributed by atoms with Crippen molar-refractivity contribution in [2.45, 2.75) is 44.9 Å². The van der Waals surface area contributed by atoms with Gasteiger partial charge in [-0.25, -0.2) is 0 Å². The molecular formula is C18H25NO. The second kappa shape index (κ2) is 4.70. The number of hydrogen-bond donors (Lipinski definition) is 0. The van der Waals surface area contributed by atoms with Gasteiger partial charge >= 0.3 is 0 Å². The quantitative estimate of drug-likeness (QED) is 0.823. The van der Waals surface area contributed by atoms with Crippen LogP contribution in [0.2, 0.25) is 0 Å². The van der Waals surface area contributed by atoms with Gasteiger partial charge in [-0.15, -0.1) is 0 Å². The van der Waals surface area contributed by atoms with Crippen molar-refractivity contribution < 1.29 is 4.79 Å². The van der Waals surface area contributed by atoms with Gasteiger partial charge in [-0.1, -0.05) is 38.1 Å². The van der Waals surface area contributed by atoms with Crippen LogP contribution in [0.5, 0.6) is 0 Å². The fraction of sp³-hybridized carbons (Fsp3) is 0.611. The van der Waals surface area contributed by atoms with Gasteiger partial charge in [0, 0.05) is 13.0 Å². The second-order valence-electron chi connectivity index (χ2n) is 6.89. The average molecular weight is 271 g/mol. The molecule has 0 aromatic heterocycles. The van der Waals surface area contributed by atoms with Crippen molar-refractivity contribution in [3.63, 3.8) is 0 Å². The molecule has 0 saturated carbocycles. The fourth-order valence-corrected chi connectivity index (χ4v) is 4.72. The van der Waals surface area contributed by atoms with Gasteiger partial charge in [-0.2, -0.15) is 0 Å². The van der Waals surface area contributed by atoms with E-state index < -0.39 is 0 Å². The van der Waals surface area contributed by atoms with Crippen molar-refractivity contribution in [1.29, 1.82) is 0 Å². The van der Waals surface area contributed by atoms with E-state index in [-0.39, 0.29) is 10.8 Å². The number of aryl methyl sites for hydroxylation is 1. The van der Waals surface area contributed by atoms with E-state index in [0.29, 0.717) is 12.2 Å². The fourth-order valence-electron chi connectivity index (χ4n) is 4.72. The predicted molar refractivity (Wildman–Crippen MR) is 82.0 cm³/mol. The van der Waals surface area contributed by atoms with E-state index in [1.54, 1.807) is 0 Å². The number of likely N-dealkylation sites (tertiary alicyclic amines) is 1. The zero-order valence-corrected chi connectivity index (χ0v) is 12.9. The number of ketones is 1. The molecule has 3 rings (SSSR count). The number of piperidine rings is 1. The second-order valence-corrected chi connectivity index (χ2v) is 6.89. The van der Waals surface area contributed by atoms with Gasteiger partial charge in [0.05, 0.1) is 5.41 Å². The smallest absolute Gasteiger partial charge is 0.143 e. The molecule has 0 radical (unpaired) electrons. The van der Waals surface area contributed by atoms with Crippen LogP contribution in [0.15, 0.2) is 24.3 Å². The van der Waals surface area contributed by atoms with Gasteiger partial charge in [0.25, 0.3) is 0 Å². The lowest BCUT2D eigenvalue weighted by Gasteiger charge is -2.57. The third-order valence-corrected chi connectivity index (χ3v) is 5.74. The molecule has 2 nitrogen and oxygen atoms in total. The summed E-state index contributed by atoms with van der Waals surface area (Å²) in [5, 5.41) is 0. The van der Waals surface area contributed by atoms with Gasteiger partial charge in [-0.05, 0) is 49.4 Å². The number of rotatable bonds is 2. The summed E-state index contributed by atoms with van der Waals surface area (Å²) in [5.41, 5.74) is 2.56. The first-order valence-corrected chi connectivity index (χ1v) is 7.84. The molecule has 0 unspecified atom stereocenters. The Bertz CT molecular complexity index is 538. The predicted octanol–water partition coefficient (Wildman–Crippen LogP) is 3.19. The topological polar surface area (TPSA) is 20.3 Å². The molecule has 0 N–H and O–H groups in total. The number of Topliss-reactive ketones (excluding diaryl/α,β-unsaturated/α-hetero) is 1. The number of hydrogen-bond acceptors (Lipinski definition) is 2. The molecule has 2 aliphatic rings. The molecule has 1 fully saturated rings. The van der Waals surface area contributed by atoms with Crippen LogP contribution >= 0.6 is 0 Å². The Kier molecular flexibility index (Phi) is 3.24. The van der Waals surface area contributed by atoms with Crippen LogP contribution in [0, 0.1) is 5.41 Å². The maximum Gasteiger partial charge on any atom is 0.143 e. The normalized spacial score (nSPS) is 33.4. The summed E-state index contributed by atoms with van der Waals surface area (Å²) in [6.45, 7) is 6.42. The van der Waals surface area contributed by atoms with Crippen LogP contribution in [-0.4, -0.2) is 30.8 Å². The highest BCUT2D eigenvalue weighted by Gasteiger charge is 2.57. The molecule has 1 aromatic carbocycles. The first kappa shape index (κ1) is 13.8. The molecule has 1 aliphatic carbocycles. The Labute approximate surface area is 122 Å². The Morgan fingerprint density at radius 2 is 2.05 bits per heavy atom. The Morgan fingerprint density at radius 3 is 2.80 bits per heavy atom. The minimum absolute atomic E-state index is 0.0848. The Balaban J connectivity index is 2.21. The summed E-state index contributed by atoms with van der Waals surface area (Å²) < 4.78 is 0. The van der Waals surface area contributed by atoms with Gasteiger partial charge in [0.15, 0.2) is 0 Å². The van der Waals surface area contributed by atoms with E-state index in [1.165, 1.54) is 11.1 Å². The van der Waals surface area contributed by atoms with E-state index in [4.69, 9.17) is 0 Å². The summed E-state index contributed by atoms with van der Waals surface area (Å²) >= 11 is 0. The van der Waals surface area contributed by atoms with Crippen molar-refractivity contribution in [3.8, 4) is 0 Å². The maximum atomic E-state index is 13.0. The third kappa shape index (κ3) is 1.70. The lowest BCUT2D eigenvalue weighted by Crippen LogP contribution is -2.61. The largest absolute Gasteiger partial charge is 0.306 e. The van der Waals surface area contributed by atoms with Crippen LogP contribution in [0.4, 0.5) is 0 Å². The van der Waals surface area contributed by atoms with Crippen molar-refractivity contribution in [3.05, 3.63) is 35.4 Å². The lowest BCUT2D eigenvalue weighted by molar-refractivity contribution is -0.134. The van der Waals surface area contributed by atoms with Gasteiger partial charge < -0.3 is 4.90 Å². The number of carbonyl (C=O) groups excluding carboxylic acids is 1. The van der Waals surface area contributed by atoms with Crippen LogP contribution < -0.4 is 0 Å². The molecule has 1 aliphatic heterocycles. The standard InChI is InChI=1S/C18H25NO/c1-4-16(20)18-11-12-19(3)13-17(18,2)10-9-14-7-5-6-8-15(14)18/h5-8H,4,9-13H2,1-3H3/t17-,18-/m0/s1.